The maximum Gasteiger partial charge on any atom is 0.168 e. The number of anilines is 2. The zero-order valence-electron chi connectivity index (χ0n) is 19.5. The van der Waals surface area contributed by atoms with Gasteiger partial charge in [-0.15, -0.1) is 0 Å². The zero-order valence-corrected chi connectivity index (χ0v) is 19.5. The van der Waals surface area contributed by atoms with Crippen LogP contribution in [-0.4, -0.2) is 19.8 Å². The second-order valence-corrected chi connectivity index (χ2v) is 8.71. The second-order valence-electron chi connectivity index (χ2n) is 8.71. The standard InChI is InChI=1S/C27H28F2N2O2/c1-16-14-27(2,3)31-23-11-10-18(19-12-17(28)13-21(29)26(19)33-5)20(25(16)23)15-30-22-8-6-7-9-24(22)32-4/h6-14,30-31H,15H2,1-5H3. The Morgan fingerprint density at radius 1 is 0.970 bits per heavy atom. The molecule has 0 radical (unpaired) electrons. The summed E-state index contributed by atoms with van der Waals surface area (Å²) in [4.78, 5) is 0. The van der Waals surface area contributed by atoms with Crippen LogP contribution in [0.1, 0.15) is 31.9 Å². The van der Waals surface area contributed by atoms with Gasteiger partial charge in [0.15, 0.2) is 11.6 Å². The number of methoxy groups -OCH3 is 2. The molecular weight excluding hydrogens is 422 g/mol. The molecule has 1 heterocycles. The number of nitrogens with one attached hydrogen (secondary N) is 2. The highest BCUT2D eigenvalue weighted by Crippen LogP contribution is 2.43. The van der Waals surface area contributed by atoms with Gasteiger partial charge in [-0.05, 0) is 61.7 Å². The van der Waals surface area contributed by atoms with Crippen LogP contribution in [0.15, 0.2) is 54.6 Å². The molecule has 1 aliphatic rings. The molecule has 0 aromatic heterocycles. The number of hydrogen-bond acceptors (Lipinski definition) is 4. The normalized spacial score (nSPS) is 14.1. The van der Waals surface area contributed by atoms with Crippen molar-refractivity contribution in [1.82, 2.24) is 0 Å². The molecule has 0 saturated heterocycles. The van der Waals surface area contributed by atoms with E-state index in [9.17, 15) is 8.78 Å². The van der Waals surface area contributed by atoms with Crippen LogP contribution < -0.4 is 20.1 Å². The van der Waals surface area contributed by atoms with Crippen LogP contribution >= 0.6 is 0 Å². The van der Waals surface area contributed by atoms with Crippen molar-refractivity contribution in [3.05, 3.63) is 77.4 Å². The molecular formula is C27H28F2N2O2. The Morgan fingerprint density at radius 2 is 1.73 bits per heavy atom. The van der Waals surface area contributed by atoms with Gasteiger partial charge in [0.25, 0.3) is 0 Å². The van der Waals surface area contributed by atoms with Gasteiger partial charge in [-0.3, -0.25) is 0 Å². The summed E-state index contributed by atoms with van der Waals surface area (Å²) in [7, 11) is 3.01. The molecule has 1 aliphatic heterocycles. The number of benzene rings is 3. The molecule has 0 spiro atoms. The average molecular weight is 451 g/mol. The summed E-state index contributed by atoms with van der Waals surface area (Å²) in [6, 6.07) is 13.6. The predicted molar refractivity (Wildman–Crippen MR) is 130 cm³/mol. The van der Waals surface area contributed by atoms with Gasteiger partial charge in [0, 0.05) is 29.4 Å². The van der Waals surface area contributed by atoms with E-state index < -0.39 is 11.6 Å². The van der Waals surface area contributed by atoms with Crippen molar-refractivity contribution in [3.8, 4) is 22.6 Å². The summed E-state index contributed by atoms with van der Waals surface area (Å²) in [6.07, 6.45) is 2.16. The molecule has 0 aliphatic carbocycles. The lowest BCUT2D eigenvalue weighted by molar-refractivity contribution is 0.386. The molecule has 0 atom stereocenters. The lowest BCUT2D eigenvalue weighted by Gasteiger charge is -2.33. The second kappa shape index (κ2) is 8.77. The largest absolute Gasteiger partial charge is 0.495 e. The molecule has 4 nitrogen and oxygen atoms in total. The van der Waals surface area contributed by atoms with Crippen LogP contribution in [0.5, 0.6) is 11.5 Å². The van der Waals surface area contributed by atoms with Gasteiger partial charge in [0.05, 0.1) is 25.4 Å². The molecule has 3 aromatic rings. The predicted octanol–water partition coefficient (Wildman–Crippen LogP) is 6.87. The van der Waals surface area contributed by atoms with Gasteiger partial charge in [0.2, 0.25) is 0 Å². The van der Waals surface area contributed by atoms with Crippen molar-refractivity contribution >= 4 is 16.9 Å². The fraction of sp³-hybridized carbons (Fsp3) is 0.259. The third-order valence-electron chi connectivity index (χ3n) is 5.81. The molecule has 33 heavy (non-hydrogen) atoms. The molecule has 0 unspecified atom stereocenters. The van der Waals surface area contributed by atoms with Gasteiger partial charge in [-0.1, -0.05) is 24.3 Å². The van der Waals surface area contributed by atoms with Crippen molar-refractivity contribution < 1.29 is 18.3 Å². The van der Waals surface area contributed by atoms with E-state index in [-0.39, 0.29) is 11.3 Å². The third kappa shape index (κ3) is 4.38. The first-order valence-corrected chi connectivity index (χ1v) is 10.8. The first kappa shape index (κ1) is 22.6. The van der Waals surface area contributed by atoms with E-state index >= 15 is 0 Å². The van der Waals surface area contributed by atoms with E-state index in [2.05, 4.69) is 37.5 Å². The Labute approximate surface area is 193 Å². The summed E-state index contributed by atoms with van der Waals surface area (Å²) in [5.74, 6) is -0.665. The van der Waals surface area contributed by atoms with Gasteiger partial charge >= 0.3 is 0 Å². The Morgan fingerprint density at radius 3 is 2.45 bits per heavy atom. The smallest absolute Gasteiger partial charge is 0.168 e. The van der Waals surface area contributed by atoms with E-state index in [1.165, 1.54) is 13.2 Å². The van der Waals surface area contributed by atoms with Gasteiger partial charge in [-0.25, -0.2) is 8.78 Å². The van der Waals surface area contributed by atoms with E-state index in [0.717, 1.165) is 34.1 Å². The SMILES string of the molecule is COc1ccccc1NCc1c(-c2cc(F)cc(F)c2OC)ccc2c1C(C)=CC(C)(C)N2. The highest BCUT2D eigenvalue weighted by molar-refractivity contribution is 5.88. The average Bonchev–Trinajstić information content (AvgIpc) is 2.76. The summed E-state index contributed by atoms with van der Waals surface area (Å²) in [5, 5.41) is 6.99. The highest BCUT2D eigenvalue weighted by Gasteiger charge is 2.27. The fourth-order valence-corrected chi connectivity index (χ4v) is 4.58. The Kier molecular flexibility index (Phi) is 6.02. The van der Waals surface area contributed by atoms with Crippen molar-refractivity contribution in [2.75, 3.05) is 24.9 Å². The summed E-state index contributed by atoms with van der Waals surface area (Å²) < 4.78 is 39.7. The van der Waals surface area contributed by atoms with Crippen LogP contribution in [0.25, 0.3) is 16.7 Å². The third-order valence-corrected chi connectivity index (χ3v) is 5.81. The number of fused-ring (bicyclic) bond motifs is 1. The number of para-hydroxylation sites is 2. The monoisotopic (exact) mass is 450 g/mol. The maximum absolute atomic E-state index is 14.6. The highest BCUT2D eigenvalue weighted by atomic mass is 19.1. The number of ether oxygens (including phenoxy) is 2. The molecule has 172 valence electrons. The zero-order chi connectivity index (χ0) is 23.8. The van der Waals surface area contributed by atoms with E-state index in [4.69, 9.17) is 9.47 Å². The van der Waals surface area contributed by atoms with Gasteiger partial charge in [-0.2, -0.15) is 0 Å². The number of hydrogen-bond donors (Lipinski definition) is 2. The minimum Gasteiger partial charge on any atom is -0.495 e. The minimum atomic E-state index is -0.736. The first-order chi connectivity index (χ1) is 15.7. The molecule has 0 amide bonds. The van der Waals surface area contributed by atoms with Crippen molar-refractivity contribution in [3.63, 3.8) is 0 Å². The van der Waals surface area contributed by atoms with E-state index in [0.29, 0.717) is 23.4 Å². The fourth-order valence-electron chi connectivity index (χ4n) is 4.58. The number of allylic oxidation sites excluding steroid dienone is 1. The summed E-state index contributed by atoms with van der Waals surface area (Å²) in [5.41, 5.74) is 5.63. The van der Waals surface area contributed by atoms with Crippen molar-refractivity contribution in [2.45, 2.75) is 32.9 Å². The molecule has 2 N–H and O–H groups in total. The Balaban J connectivity index is 1.91. The van der Waals surface area contributed by atoms with E-state index in [1.807, 2.05) is 36.4 Å². The molecule has 0 bridgehead atoms. The van der Waals surface area contributed by atoms with Crippen LogP contribution in [0, 0.1) is 11.6 Å². The van der Waals surface area contributed by atoms with Gasteiger partial charge < -0.3 is 20.1 Å². The van der Waals surface area contributed by atoms with Gasteiger partial charge in [0.1, 0.15) is 11.6 Å². The van der Waals surface area contributed by atoms with Crippen LogP contribution in [0.4, 0.5) is 20.2 Å². The van der Waals surface area contributed by atoms with Crippen molar-refractivity contribution in [1.29, 1.82) is 0 Å². The number of rotatable bonds is 6. The molecule has 0 fully saturated rings. The van der Waals surface area contributed by atoms with Crippen LogP contribution in [0.3, 0.4) is 0 Å². The maximum atomic E-state index is 14.6. The Hall–Kier alpha value is -3.54. The lowest BCUT2D eigenvalue weighted by Crippen LogP contribution is -2.32. The van der Waals surface area contributed by atoms with E-state index in [1.54, 1.807) is 7.11 Å². The topological polar surface area (TPSA) is 42.5 Å². The summed E-state index contributed by atoms with van der Waals surface area (Å²) in [6.45, 7) is 6.67. The lowest BCUT2D eigenvalue weighted by atomic mass is 9.85. The molecule has 0 saturated carbocycles. The van der Waals surface area contributed by atoms with Crippen LogP contribution in [-0.2, 0) is 6.54 Å². The molecule has 4 rings (SSSR count). The minimum absolute atomic E-state index is 0.0145. The van der Waals surface area contributed by atoms with Crippen LogP contribution in [0.2, 0.25) is 0 Å². The molecule has 3 aromatic carbocycles. The first-order valence-electron chi connectivity index (χ1n) is 10.8. The number of halogens is 2. The van der Waals surface area contributed by atoms with Crippen molar-refractivity contribution in [2.24, 2.45) is 0 Å². The summed E-state index contributed by atoms with van der Waals surface area (Å²) >= 11 is 0. The molecule has 6 heteroatoms. The quantitative estimate of drug-likeness (QED) is 0.430. The Bertz CT molecular complexity index is 1240.